The second-order valence-electron chi connectivity index (χ2n) is 5.52. The van der Waals surface area contributed by atoms with E-state index in [1.165, 1.54) is 17.3 Å². The minimum absolute atomic E-state index is 0.107. The Balaban J connectivity index is 1.61. The van der Waals surface area contributed by atoms with Crippen molar-refractivity contribution in [1.29, 1.82) is 0 Å². The molecule has 0 N–H and O–H groups in total. The van der Waals surface area contributed by atoms with Gasteiger partial charge in [0.25, 0.3) is 0 Å². The summed E-state index contributed by atoms with van der Waals surface area (Å²) in [4.78, 5) is 18.5. The third kappa shape index (κ3) is 3.88. The summed E-state index contributed by atoms with van der Waals surface area (Å²) in [7, 11) is 3.82. The smallest absolute Gasteiger partial charge is 0.233 e. The summed E-state index contributed by atoms with van der Waals surface area (Å²) >= 11 is 3.12. The molecule has 3 rings (SSSR count). The summed E-state index contributed by atoms with van der Waals surface area (Å²) in [5, 5.41) is 4.95. The molecule has 0 saturated carbocycles. The third-order valence-corrected chi connectivity index (χ3v) is 5.53. The summed E-state index contributed by atoms with van der Waals surface area (Å²) < 4.78 is 2.03. The number of imidazole rings is 1. The van der Waals surface area contributed by atoms with Crippen molar-refractivity contribution in [2.75, 3.05) is 12.8 Å². The van der Waals surface area contributed by atoms with Gasteiger partial charge in [-0.05, 0) is 28.0 Å². The molecular weight excluding hydrogens is 338 g/mol. The molecule has 1 amide bonds. The van der Waals surface area contributed by atoms with Crippen molar-refractivity contribution in [3.8, 4) is 11.3 Å². The van der Waals surface area contributed by atoms with Crippen LogP contribution in [0.5, 0.6) is 0 Å². The Hall–Kier alpha value is -2.05. The number of rotatable bonds is 6. The average Bonchev–Trinajstić information content (AvgIpc) is 3.23. The summed E-state index contributed by atoms with van der Waals surface area (Å²) in [6, 6.07) is 12.2. The first-order valence-corrected chi connectivity index (χ1v) is 9.53. The lowest BCUT2D eigenvalue weighted by Crippen LogP contribution is -2.27. The molecule has 0 aliphatic heterocycles. The molecule has 0 spiro atoms. The highest BCUT2D eigenvalue weighted by Gasteiger charge is 2.14. The fourth-order valence-corrected chi connectivity index (χ4v) is 3.94. The number of nitrogens with zero attached hydrogens (tertiary/aromatic N) is 3. The molecule has 0 atom stereocenters. The van der Waals surface area contributed by atoms with E-state index in [9.17, 15) is 4.79 Å². The normalized spacial score (nSPS) is 10.8. The lowest BCUT2D eigenvalue weighted by atomic mass is 10.2. The number of benzene rings is 1. The van der Waals surface area contributed by atoms with E-state index in [-0.39, 0.29) is 5.91 Å². The topological polar surface area (TPSA) is 38.1 Å². The van der Waals surface area contributed by atoms with Gasteiger partial charge in [0.15, 0.2) is 5.16 Å². The highest BCUT2D eigenvalue weighted by molar-refractivity contribution is 7.99. The van der Waals surface area contributed by atoms with Gasteiger partial charge in [-0.25, -0.2) is 4.98 Å². The number of thioether (sulfide) groups is 1. The Morgan fingerprint density at radius 1 is 1.29 bits per heavy atom. The van der Waals surface area contributed by atoms with Crippen LogP contribution in [0, 0.1) is 0 Å². The second-order valence-corrected chi connectivity index (χ2v) is 7.24. The van der Waals surface area contributed by atoms with Crippen molar-refractivity contribution in [2.45, 2.75) is 11.7 Å². The fraction of sp³-hybridized carbons (Fsp3) is 0.222. The molecule has 2 heterocycles. The van der Waals surface area contributed by atoms with Crippen LogP contribution in [0.25, 0.3) is 11.3 Å². The van der Waals surface area contributed by atoms with E-state index in [0.717, 1.165) is 16.4 Å². The number of hydrogen-bond acceptors (Lipinski definition) is 4. The Bertz CT molecular complexity index is 797. The zero-order valence-electron chi connectivity index (χ0n) is 13.7. The molecule has 3 aromatic rings. The van der Waals surface area contributed by atoms with E-state index < -0.39 is 0 Å². The molecule has 124 valence electrons. The van der Waals surface area contributed by atoms with Gasteiger partial charge in [-0.2, -0.15) is 11.3 Å². The molecule has 0 bridgehead atoms. The van der Waals surface area contributed by atoms with Crippen LogP contribution in [-0.2, 0) is 18.4 Å². The van der Waals surface area contributed by atoms with E-state index >= 15 is 0 Å². The van der Waals surface area contributed by atoms with Crippen molar-refractivity contribution >= 4 is 29.0 Å². The van der Waals surface area contributed by atoms with E-state index in [1.54, 1.807) is 16.2 Å². The molecule has 6 heteroatoms. The largest absolute Gasteiger partial charge is 0.341 e. The zero-order chi connectivity index (χ0) is 16.9. The third-order valence-electron chi connectivity index (χ3n) is 3.77. The monoisotopic (exact) mass is 357 g/mol. The van der Waals surface area contributed by atoms with Gasteiger partial charge >= 0.3 is 0 Å². The standard InChI is InChI=1S/C18H19N3OS2/c1-20(11-14-8-9-23-12-14)17(22)13-24-18-19-10-16(21(18)2)15-6-4-3-5-7-15/h3-10,12H,11,13H2,1-2H3. The van der Waals surface area contributed by atoms with Gasteiger partial charge in [-0.15, -0.1) is 0 Å². The van der Waals surface area contributed by atoms with Crippen molar-refractivity contribution in [2.24, 2.45) is 7.05 Å². The van der Waals surface area contributed by atoms with Crippen LogP contribution in [0.3, 0.4) is 0 Å². The van der Waals surface area contributed by atoms with E-state index in [4.69, 9.17) is 0 Å². The second kappa shape index (κ2) is 7.68. The minimum atomic E-state index is 0.107. The molecular formula is C18H19N3OS2. The molecule has 1 aromatic carbocycles. The summed E-state index contributed by atoms with van der Waals surface area (Å²) in [5.74, 6) is 0.496. The Morgan fingerprint density at radius 3 is 2.79 bits per heavy atom. The van der Waals surface area contributed by atoms with Crippen molar-refractivity contribution in [3.05, 3.63) is 58.9 Å². The van der Waals surface area contributed by atoms with Gasteiger partial charge in [0.1, 0.15) is 0 Å². The van der Waals surface area contributed by atoms with Gasteiger partial charge in [-0.1, -0.05) is 42.1 Å². The highest BCUT2D eigenvalue weighted by atomic mass is 32.2. The summed E-state index contributed by atoms with van der Waals surface area (Å²) in [6.45, 7) is 0.652. The number of hydrogen-bond donors (Lipinski definition) is 0. The predicted octanol–water partition coefficient (Wildman–Crippen LogP) is 3.90. The van der Waals surface area contributed by atoms with Crippen LogP contribution >= 0.6 is 23.1 Å². The van der Waals surface area contributed by atoms with Crippen molar-refractivity contribution in [1.82, 2.24) is 14.5 Å². The molecule has 0 unspecified atom stereocenters. The van der Waals surface area contributed by atoms with Crippen LogP contribution in [0.4, 0.5) is 0 Å². The zero-order valence-corrected chi connectivity index (χ0v) is 15.3. The Kier molecular flexibility index (Phi) is 5.37. The molecule has 4 nitrogen and oxygen atoms in total. The number of thiophene rings is 1. The first-order chi connectivity index (χ1) is 11.6. The van der Waals surface area contributed by atoms with Gasteiger partial charge in [-0.3, -0.25) is 4.79 Å². The number of carbonyl (C=O) groups is 1. The van der Waals surface area contributed by atoms with Gasteiger partial charge in [0.05, 0.1) is 17.6 Å². The van der Waals surface area contributed by atoms with Crippen LogP contribution < -0.4 is 0 Å². The van der Waals surface area contributed by atoms with Crippen molar-refractivity contribution < 1.29 is 4.79 Å². The number of amides is 1. The highest BCUT2D eigenvalue weighted by Crippen LogP contribution is 2.24. The average molecular weight is 358 g/mol. The van der Waals surface area contributed by atoms with Crippen LogP contribution in [0.2, 0.25) is 0 Å². The maximum absolute atomic E-state index is 12.3. The molecule has 2 aromatic heterocycles. The van der Waals surface area contributed by atoms with Crippen molar-refractivity contribution in [3.63, 3.8) is 0 Å². The molecule has 0 saturated heterocycles. The first-order valence-electron chi connectivity index (χ1n) is 7.60. The van der Waals surface area contributed by atoms with Gasteiger partial charge in [0, 0.05) is 20.6 Å². The maximum atomic E-state index is 12.3. The summed E-state index contributed by atoms with van der Waals surface area (Å²) in [5.41, 5.74) is 3.35. The lowest BCUT2D eigenvalue weighted by molar-refractivity contribution is -0.127. The minimum Gasteiger partial charge on any atom is -0.341 e. The maximum Gasteiger partial charge on any atom is 0.233 e. The Morgan fingerprint density at radius 2 is 2.08 bits per heavy atom. The summed E-state index contributed by atoms with van der Waals surface area (Å²) in [6.07, 6.45) is 1.86. The Labute approximate surface area is 150 Å². The fourth-order valence-electron chi connectivity index (χ4n) is 2.38. The van der Waals surface area contributed by atoms with E-state index in [2.05, 4.69) is 22.5 Å². The quantitative estimate of drug-likeness (QED) is 0.628. The molecule has 0 aliphatic carbocycles. The SMILES string of the molecule is CN(Cc1ccsc1)C(=O)CSc1ncc(-c2ccccc2)n1C. The van der Waals surface area contributed by atoms with E-state index in [1.807, 2.05) is 54.5 Å². The molecule has 0 fully saturated rings. The lowest BCUT2D eigenvalue weighted by Gasteiger charge is -2.16. The van der Waals surface area contributed by atoms with Gasteiger partial charge < -0.3 is 9.47 Å². The van der Waals surface area contributed by atoms with Crippen LogP contribution in [0.15, 0.2) is 58.5 Å². The van der Waals surface area contributed by atoms with Crippen LogP contribution in [-0.4, -0.2) is 33.2 Å². The molecule has 24 heavy (non-hydrogen) atoms. The number of carbonyl (C=O) groups excluding carboxylic acids is 1. The number of aromatic nitrogens is 2. The predicted molar refractivity (Wildman–Crippen MR) is 100 cm³/mol. The van der Waals surface area contributed by atoms with Gasteiger partial charge in [0.2, 0.25) is 5.91 Å². The van der Waals surface area contributed by atoms with Crippen LogP contribution in [0.1, 0.15) is 5.56 Å². The first kappa shape index (κ1) is 16.8. The molecule has 0 radical (unpaired) electrons. The molecule has 0 aliphatic rings. The van der Waals surface area contributed by atoms with E-state index in [0.29, 0.717) is 12.3 Å².